The molecular weight excluding hydrogens is 228 g/mol. The molecule has 1 aromatic heterocycles. The molecule has 18 heavy (non-hydrogen) atoms. The lowest BCUT2D eigenvalue weighted by molar-refractivity contribution is -0.131. The topological polar surface area (TPSA) is 62.5 Å². The van der Waals surface area contributed by atoms with Gasteiger partial charge in [-0.25, -0.2) is 4.98 Å². The second-order valence-electron chi connectivity index (χ2n) is 4.59. The van der Waals surface area contributed by atoms with Crippen LogP contribution in [0.15, 0.2) is 12.3 Å². The molecule has 0 spiro atoms. The first-order valence-electron chi connectivity index (χ1n) is 6.37. The third-order valence-corrected chi connectivity index (χ3v) is 3.42. The maximum atomic E-state index is 11.6. The SMILES string of the molecule is CCC(=O)N1CCN(c2nccc(C)c2N)CC1. The van der Waals surface area contributed by atoms with Crippen molar-refractivity contribution in [1.29, 1.82) is 0 Å². The van der Waals surface area contributed by atoms with Gasteiger partial charge in [-0.15, -0.1) is 0 Å². The summed E-state index contributed by atoms with van der Waals surface area (Å²) in [5, 5.41) is 0. The molecule has 1 saturated heterocycles. The molecule has 2 N–H and O–H groups in total. The molecule has 5 heteroatoms. The van der Waals surface area contributed by atoms with Crippen LogP contribution in [0.3, 0.4) is 0 Å². The summed E-state index contributed by atoms with van der Waals surface area (Å²) in [6, 6.07) is 1.91. The Bertz CT molecular complexity index is 439. The van der Waals surface area contributed by atoms with Crippen LogP contribution < -0.4 is 10.6 Å². The Hall–Kier alpha value is -1.78. The van der Waals surface area contributed by atoms with E-state index in [2.05, 4.69) is 9.88 Å². The van der Waals surface area contributed by atoms with Gasteiger partial charge in [0, 0.05) is 38.8 Å². The number of carbonyl (C=O) groups excluding carboxylic acids is 1. The number of aromatic nitrogens is 1. The van der Waals surface area contributed by atoms with E-state index in [1.165, 1.54) is 0 Å². The predicted octanol–water partition coefficient (Wildman–Crippen LogP) is 1.03. The molecule has 0 aliphatic carbocycles. The number of nitrogens with zero attached hydrogens (tertiary/aromatic N) is 3. The molecule has 5 nitrogen and oxygen atoms in total. The van der Waals surface area contributed by atoms with Crippen LogP contribution in [0.1, 0.15) is 18.9 Å². The smallest absolute Gasteiger partial charge is 0.222 e. The second kappa shape index (κ2) is 5.25. The van der Waals surface area contributed by atoms with Crippen LogP contribution in [0.5, 0.6) is 0 Å². The first kappa shape index (κ1) is 12.7. The van der Waals surface area contributed by atoms with Gasteiger partial charge >= 0.3 is 0 Å². The summed E-state index contributed by atoms with van der Waals surface area (Å²) < 4.78 is 0. The van der Waals surface area contributed by atoms with Gasteiger partial charge in [0.1, 0.15) is 0 Å². The van der Waals surface area contributed by atoms with E-state index >= 15 is 0 Å². The largest absolute Gasteiger partial charge is 0.396 e. The fourth-order valence-corrected chi connectivity index (χ4v) is 2.20. The minimum atomic E-state index is 0.222. The molecule has 0 atom stereocenters. The van der Waals surface area contributed by atoms with Crippen molar-refractivity contribution in [2.45, 2.75) is 20.3 Å². The molecule has 0 radical (unpaired) electrons. The van der Waals surface area contributed by atoms with Crippen LogP contribution in [0.2, 0.25) is 0 Å². The molecule has 2 rings (SSSR count). The number of nitrogen functional groups attached to an aromatic ring is 1. The summed E-state index contributed by atoms with van der Waals surface area (Å²) in [5.74, 6) is 1.07. The normalized spacial score (nSPS) is 15.9. The van der Waals surface area contributed by atoms with Crippen LogP contribution in [-0.4, -0.2) is 42.0 Å². The molecule has 0 unspecified atom stereocenters. The van der Waals surface area contributed by atoms with E-state index in [1.54, 1.807) is 6.20 Å². The monoisotopic (exact) mass is 248 g/mol. The number of aryl methyl sites for hydroxylation is 1. The lowest BCUT2D eigenvalue weighted by atomic mass is 10.2. The fourth-order valence-electron chi connectivity index (χ4n) is 2.20. The zero-order chi connectivity index (χ0) is 13.1. The van der Waals surface area contributed by atoms with Crippen molar-refractivity contribution >= 4 is 17.4 Å². The summed E-state index contributed by atoms with van der Waals surface area (Å²) >= 11 is 0. The van der Waals surface area contributed by atoms with Crippen molar-refractivity contribution in [2.75, 3.05) is 36.8 Å². The third kappa shape index (κ3) is 2.39. The lowest BCUT2D eigenvalue weighted by Gasteiger charge is -2.35. The average molecular weight is 248 g/mol. The Morgan fingerprint density at radius 2 is 2.06 bits per heavy atom. The Balaban J connectivity index is 2.06. The number of pyridine rings is 1. The van der Waals surface area contributed by atoms with Crippen molar-refractivity contribution in [2.24, 2.45) is 0 Å². The van der Waals surface area contributed by atoms with Crippen molar-refractivity contribution in [3.05, 3.63) is 17.8 Å². The van der Waals surface area contributed by atoms with E-state index in [-0.39, 0.29) is 5.91 Å². The Kier molecular flexibility index (Phi) is 3.69. The van der Waals surface area contributed by atoms with Crippen LogP contribution in [0.25, 0.3) is 0 Å². The molecule has 2 heterocycles. The number of anilines is 2. The quantitative estimate of drug-likeness (QED) is 0.849. The Labute approximate surface area is 108 Å². The van der Waals surface area contributed by atoms with E-state index in [9.17, 15) is 4.79 Å². The minimum Gasteiger partial charge on any atom is -0.396 e. The van der Waals surface area contributed by atoms with E-state index in [0.29, 0.717) is 6.42 Å². The minimum absolute atomic E-state index is 0.222. The zero-order valence-corrected chi connectivity index (χ0v) is 11.0. The molecule has 1 amide bonds. The maximum absolute atomic E-state index is 11.6. The highest BCUT2D eigenvalue weighted by Gasteiger charge is 2.22. The molecule has 1 aliphatic heterocycles. The van der Waals surface area contributed by atoms with Crippen LogP contribution in [0, 0.1) is 6.92 Å². The number of hydrogen-bond acceptors (Lipinski definition) is 4. The molecule has 0 aromatic carbocycles. The van der Waals surface area contributed by atoms with Crippen molar-refractivity contribution in [3.8, 4) is 0 Å². The molecule has 1 aliphatic rings. The Morgan fingerprint density at radius 3 is 2.67 bits per heavy atom. The Morgan fingerprint density at radius 1 is 1.39 bits per heavy atom. The first-order valence-corrected chi connectivity index (χ1v) is 6.37. The van der Waals surface area contributed by atoms with Gasteiger partial charge in [-0.3, -0.25) is 4.79 Å². The van der Waals surface area contributed by atoms with Crippen LogP contribution in [0.4, 0.5) is 11.5 Å². The van der Waals surface area contributed by atoms with Crippen LogP contribution >= 0.6 is 0 Å². The number of hydrogen-bond donors (Lipinski definition) is 1. The third-order valence-electron chi connectivity index (χ3n) is 3.42. The van der Waals surface area contributed by atoms with Gasteiger partial charge in [-0.05, 0) is 18.6 Å². The van der Waals surface area contributed by atoms with Gasteiger partial charge in [0.2, 0.25) is 5.91 Å². The maximum Gasteiger partial charge on any atom is 0.222 e. The van der Waals surface area contributed by atoms with Gasteiger partial charge in [-0.2, -0.15) is 0 Å². The van der Waals surface area contributed by atoms with Gasteiger partial charge in [0.15, 0.2) is 5.82 Å². The summed E-state index contributed by atoms with van der Waals surface area (Å²) in [4.78, 5) is 20.0. The highest BCUT2D eigenvalue weighted by molar-refractivity contribution is 5.76. The highest BCUT2D eigenvalue weighted by Crippen LogP contribution is 2.24. The lowest BCUT2D eigenvalue weighted by Crippen LogP contribution is -2.49. The summed E-state index contributed by atoms with van der Waals surface area (Å²) in [6.07, 6.45) is 2.36. The fraction of sp³-hybridized carbons (Fsp3) is 0.538. The predicted molar refractivity (Wildman–Crippen MR) is 72.5 cm³/mol. The number of amides is 1. The van der Waals surface area contributed by atoms with Crippen LogP contribution in [-0.2, 0) is 4.79 Å². The van der Waals surface area contributed by atoms with E-state index in [1.807, 2.05) is 24.8 Å². The van der Waals surface area contributed by atoms with Gasteiger partial charge < -0.3 is 15.5 Å². The molecular formula is C13H20N4O. The zero-order valence-electron chi connectivity index (χ0n) is 11.0. The molecule has 0 bridgehead atoms. The average Bonchev–Trinajstić information content (AvgIpc) is 2.41. The first-order chi connectivity index (χ1) is 8.63. The molecule has 98 valence electrons. The number of carbonyl (C=O) groups is 1. The van der Waals surface area contributed by atoms with Gasteiger partial charge in [-0.1, -0.05) is 6.92 Å². The van der Waals surface area contributed by atoms with E-state index in [4.69, 9.17) is 5.73 Å². The van der Waals surface area contributed by atoms with Crippen molar-refractivity contribution < 1.29 is 4.79 Å². The standard InChI is InChI=1S/C13H20N4O/c1-3-11(18)16-6-8-17(9-7-16)13-12(14)10(2)4-5-15-13/h4-5H,3,6-9,14H2,1-2H3. The van der Waals surface area contributed by atoms with E-state index < -0.39 is 0 Å². The van der Waals surface area contributed by atoms with Gasteiger partial charge in [0.05, 0.1) is 5.69 Å². The number of rotatable bonds is 2. The van der Waals surface area contributed by atoms with E-state index in [0.717, 1.165) is 43.2 Å². The number of piperazine rings is 1. The summed E-state index contributed by atoms with van der Waals surface area (Å²) in [7, 11) is 0. The second-order valence-corrected chi connectivity index (χ2v) is 4.59. The summed E-state index contributed by atoms with van der Waals surface area (Å²) in [6.45, 7) is 6.98. The van der Waals surface area contributed by atoms with Gasteiger partial charge in [0.25, 0.3) is 0 Å². The molecule has 1 aromatic rings. The van der Waals surface area contributed by atoms with Crippen molar-refractivity contribution in [1.82, 2.24) is 9.88 Å². The molecule has 1 fully saturated rings. The summed E-state index contributed by atoms with van der Waals surface area (Å²) in [5.41, 5.74) is 7.84. The van der Waals surface area contributed by atoms with Crippen molar-refractivity contribution in [3.63, 3.8) is 0 Å². The highest BCUT2D eigenvalue weighted by atomic mass is 16.2. The number of nitrogens with two attached hydrogens (primary N) is 1. The molecule has 0 saturated carbocycles.